The number of phenolic OH excluding ortho intramolecular Hbond substituents is 2. The zero-order valence-corrected chi connectivity index (χ0v) is 17.3. The summed E-state index contributed by atoms with van der Waals surface area (Å²) in [5, 5.41) is 19.3. The minimum Gasteiger partial charge on any atom is -0.507 e. The van der Waals surface area contributed by atoms with Crippen molar-refractivity contribution in [2.75, 3.05) is 13.2 Å². The Labute approximate surface area is 161 Å². The minimum atomic E-state index is 0.0950. The van der Waals surface area contributed by atoms with Crippen molar-refractivity contribution in [3.05, 3.63) is 42.2 Å². The summed E-state index contributed by atoms with van der Waals surface area (Å²) in [5.41, 5.74) is 0. The summed E-state index contributed by atoms with van der Waals surface area (Å²) < 4.78 is 13.6. The Bertz CT molecular complexity index is 632. The first-order valence-electron chi connectivity index (χ1n) is 6.01. The molecule has 0 heterocycles. The fraction of sp³-hybridized carbons (Fsp3) is 0.143. The molecule has 0 aliphatic heterocycles. The Kier molecular flexibility index (Phi) is 6.43. The number of hydrogen-bond acceptors (Lipinski definition) is 4. The van der Waals surface area contributed by atoms with Crippen LogP contribution in [0.3, 0.4) is 0 Å². The zero-order chi connectivity index (χ0) is 16.3. The van der Waals surface area contributed by atoms with Crippen molar-refractivity contribution < 1.29 is 19.7 Å². The van der Waals surface area contributed by atoms with Crippen LogP contribution in [0.4, 0.5) is 0 Å². The first-order chi connectivity index (χ1) is 10.4. The average molecular weight is 562 g/mol. The van der Waals surface area contributed by atoms with Crippen LogP contribution in [0.25, 0.3) is 0 Å². The van der Waals surface area contributed by atoms with Gasteiger partial charge in [0.2, 0.25) is 0 Å². The number of benzene rings is 2. The topological polar surface area (TPSA) is 58.9 Å². The van der Waals surface area contributed by atoms with Crippen molar-refractivity contribution in [2.45, 2.75) is 0 Å². The molecule has 0 amide bonds. The molecular weight excluding hydrogens is 552 g/mol. The van der Waals surface area contributed by atoms with E-state index < -0.39 is 0 Å². The summed E-state index contributed by atoms with van der Waals surface area (Å²) >= 11 is 13.2. The van der Waals surface area contributed by atoms with Gasteiger partial charge in [-0.25, -0.2) is 0 Å². The highest BCUT2D eigenvalue weighted by molar-refractivity contribution is 9.11. The van der Waals surface area contributed by atoms with Gasteiger partial charge in [0.05, 0.1) is 8.95 Å². The Morgan fingerprint density at radius 1 is 0.682 bits per heavy atom. The molecule has 0 saturated carbocycles. The molecule has 0 aliphatic carbocycles. The Balaban J connectivity index is 1.99. The van der Waals surface area contributed by atoms with E-state index in [1.165, 1.54) is 0 Å². The maximum absolute atomic E-state index is 9.64. The van der Waals surface area contributed by atoms with Crippen molar-refractivity contribution in [1.29, 1.82) is 0 Å². The molecule has 0 aromatic heterocycles. The van der Waals surface area contributed by atoms with Crippen LogP contribution < -0.4 is 9.47 Å². The van der Waals surface area contributed by atoms with Crippen molar-refractivity contribution in [3.8, 4) is 23.0 Å². The maximum Gasteiger partial charge on any atom is 0.151 e. The van der Waals surface area contributed by atoms with Crippen molar-refractivity contribution in [3.63, 3.8) is 0 Å². The zero-order valence-electron chi connectivity index (χ0n) is 10.9. The molecule has 8 heteroatoms. The SMILES string of the molecule is Oc1ccc(Br)c(OCCOc2c(Br)ccc(O)c2Br)c1Br. The highest BCUT2D eigenvalue weighted by Gasteiger charge is 2.13. The summed E-state index contributed by atoms with van der Waals surface area (Å²) in [6, 6.07) is 6.49. The summed E-state index contributed by atoms with van der Waals surface area (Å²) in [7, 11) is 0. The van der Waals surface area contributed by atoms with Crippen LogP contribution >= 0.6 is 63.7 Å². The van der Waals surface area contributed by atoms with Gasteiger partial charge in [0, 0.05) is 0 Å². The Morgan fingerprint density at radius 3 is 1.41 bits per heavy atom. The highest BCUT2D eigenvalue weighted by Crippen LogP contribution is 2.40. The molecule has 118 valence electrons. The van der Waals surface area contributed by atoms with Gasteiger partial charge in [-0.1, -0.05) is 0 Å². The predicted molar refractivity (Wildman–Crippen MR) is 98.0 cm³/mol. The van der Waals surface area contributed by atoms with Crippen molar-refractivity contribution in [1.82, 2.24) is 0 Å². The van der Waals surface area contributed by atoms with Gasteiger partial charge in [-0.15, -0.1) is 0 Å². The van der Waals surface area contributed by atoms with E-state index in [1.54, 1.807) is 24.3 Å². The average Bonchev–Trinajstić information content (AvgIpc) is 2.49. The highest BCUT2D eigenvalue weighted by atomic mass is 79.9. The molecule has 0 fully saturated rings. The lowest BCUT2D eigenvalue weighted by molar-refractivity contribution is 0.212. The molecule has 0 radical (unpaired) electrons. The van der Waals surface area contributed by atoms with Gasteiger partial charge in [-0.2, -0.15) is 0 Å². The molecule has 0 saturated heterocycles. The molecule has 2 aromatic carbocycles. The van der Waals surface area contributed by atoms with Crippen LogP contribution in [-0.4, -0.2) is 23.4 Å². The van der Waals surface area contributed by atoms with Crippen molar-refractivity contribution >= 4 is 63.7 Å². The molecule has 2 N–H and O–H groups in total. The molecule has 0 bridgehead atoms. The van der Waals surface area contributed by atoms with E-state index in [0.29, 0.717) is 20.4 Å². The third-order valence-corrected chi connectivity index (χ3v) is 5.42. The first-order valence-corrected chi connectivity index (χ1v) is 9.18. The second-order valence-electron chi connectivity index (χ2n) is 4.12. The van der Waals surface area contributed by atoms with Crippen LogP contribution in [0.15, 0.2) is 42.2 Å². The van der Waals surface area contributed by atoms with Crippen LogP contribution in [0.5, 0.6) is 23.0 Å². The van der Waals surface area contributed by atoms with E-state index in [-0.39, 0.29) is 24.7 Å². The van der Waals surface area contributed by atoms with Crippen LogP contribution in [0, 0.1) is 0 Å². The fourth-order valence-electron chi connectivity index (χ4n) is 1.60. The van der Waals surface area contributed by atoms with Crippen LogP contribution in [0.1, 0.15) is 0 Å². The van der Waals surface area contributed by atoms with E-state index in [4.69, 9.17) is 9.47 Å². The maximum atomic E-state index is 9.64. The number of phenols is 2. The lowest BCUT2D eigenvalue weighted by Crippen LogP contribution is -2.10. The molecule has 0 aliphatic rings. The molecule has 0 atom stereocenters. The Hall–Kier alpha value is -0.440. The van der Waals surface area contributed by atoms with E-state index in [0.717, 1.165) is 8.95 Å². The largest absolute Gasteiger partial charge is 0.507 e. The molecule has 2 aromatic rings. The second kappa shape index (κ2) is 7.90. The van der Waals surface area contributed by atoms with Gasteiger partial charge in [0.25, 0.3) is 0 Å². The molecule has 4 nitrogen and oxygen atoms in total. The number of hydrogen-bond donors (Lipinski definition) is 2. The van der Waals surface area contributed by atoms with Crippen LogP contribution in [0.2, 0.25) is 0 Å². The molecule has 0 spiro atoms. The van der Waals surface area contributed by atoms with Gasteiger partial charge >= 0.3 is 0 Å². The summed E-state index contributed by atoms with van der Waals surface area (Å²) in [5.74, 6) is 1.19. The number of ether oxygens (including phenoxy) is 2. The monoisotopic (exact) mass is 558 g/mol. The van der Waals surface area contributed by atoms with E-state index >= 15 is 0 Å². The van der Waals surface area contributed by atoms with Gasteiger partial charge in [-0.3, -0.25) is 0 Å². The van der Waals surface area contributed by atoms with Crippen molar-refractivity contribution in [2.24, 2.45) is 0 Å². The number of aromatic hydroxyl groups is 2. The lowest BCUT2D eigenvalue weighted by atomic mass is 10.3. The first kappa shape index (κ1) is 17.9. The quantitative estimate of drug-likeness (QED) is 0.466. The standard InChI is InChI=1S/C14H10Br4O4/c15-7-1-3-9(19)11(17)13(7)21-5-6-22-14-8(16)2-4-10(20)12(14)18/h1-4,19-20H,5-6H2. The Morgan fingerprint density at radius 2 is 1.05 bits per heavy atom. The third-order valence-electron chi connectivity index (χ3n) is 2.63. The molecule has 22 heavy (non-hydrogen) atoms. The van der Waals surface area contributed by atoms with Gasteiger partial charge in [0.15, 0.2) is 11.5 Å². The molecule has 2 rings (SSSR count). The normalized spacial score (nSPS) is 10.5. The number of rotatable bonds is 5. The minimum absolute atomic E-state index is 0.0950. The summed E-state index contributed by atoms with van der Waals surface area (Å²) in [4.78, 5) is 0. The second-order valence-corrected chi connectivity index (χ2v) is 7.41. The van der Waals surface area contributed by atoms with Gasteiger partial charge in [0.1, 0.15) is 33.7 Å². The van der Waals surface area contributed by atoms with E-state index in [2.05, 4.69) is 63.7 Å². The van der Waals surface area contributed by atoms with E-state index in [9.17, 15) is 10.2 Å². The summed E-state index contributed by atoms with van der Waals surface area (Å²) in [6.07, 6.45) is 0. The predicted octanol–water partition coefficient (Wildman–Crippen LogP) is 5.61. The van der Waals surface area contributed by atoms with Crippen LogP contribution in [-0.2, 0) is 0 Å². The number of halogens is 4. The molecule has 0 unspecified atom stereocenters. The fourth-order valence-corrected chi connectivity index (χ4v) is 3.94. The smallest absolute Gasteiger partial charge is 0.151 e. The van der Waals surface area contributed by atoms with Gasteiger partial charge < -0.3 is 19.7 Å². The third kappa shape index (κ3) is 4.10. The van der Waals surface area contributed by atoms with Gasteiger partial charge in [-0.05, 0) is 88.0 Å². The summed E-state index contributed by atoms with van der Waals surface area (Å²) in [6.45, 7) is 0.518. The van der Waals surface area contributed by atoms with E-state index in [1.807, 2.05) is 0 Å². The molecular formula is C14H10Br4O4. The lowest BCUT2D eigenvalue weighted by Gasteiger charge is -2.14.